The quantitative estimate of drug-likeness (QED) is 0.747. The molecule has 0 bridgehead atoms. The second-order valence-electron chi connectivity index (χ2n) is 7.74. The van der Waals surface area contributed by atoms with Crippen molar-refractivity contribution in [1.82, 2.24) is 15.1 Å². The number of likely N-dealkylation sites (tertiary alicyclic amines) is 1. The number of rotatable bonds is 7. The zero-order valence-electron chi connectivity index (χ0n) is 15.8. The fourth-order valence-electron chi connectivity index (χ4n) is 3.48. The van der Waals surface area contributed by atoms with Crippen LogP contribution in [0.1, 0.15) is 33.1 Å². The maximum absolute atomic E-state index is 11.7. The molecule has 0 spiro atoms. The van der Waals surface area contributed by atoms with E-state index in [9.17, 15) is 4.79 Å². The van der Waals surface area contributed by atoms with E-state index >= 15 is 0 Å². The fraction of sp³-hybridized carbons (Fsp3) is 0.944. The number of ether oxygens (including phenoxy) is 2. The van der Waals surface area contributed by atoms with Gasteiger partial charge < -0.3 is 24.6 Å². The third kappa shape index (κ3) is 6.31. The minimum Gasteiger partial charge on any atom is -0.379 e. The first kappa shape index (κ1) is 19.6. The number of carbonyl (C=O) groups is 1. The van der Waals surface area contributed by atoms with Gasteiger partial charge in [0.2, 0.25) is 5.91 Å². The summed E-state index contributed by atoms with van der Waals surface area (Å²) in [7, 11) is 3.51. The van der Waals surface area contributed by atoms with Crippen molar-refractivity contribution in [3.05, 3.63) is 0 Å². The lowest BCUT2D eigenvalue weighted by atomic mass is 9.99. The first-order chi connectivity index (χ1) is 11.5. The van der Waals surface area contributed by atoms with E-state index in [0.29, 0.717) is 12.6 Å². The largest absolute Gasteiger partial charge is 0.379 e. The van der Waals surface area contributed by atoms with Gasteiger partial charge in [0.25, 0.3) is 0 Å². The Labute approximate surface area is 146 Å². The molecule has 2 aliphatic rings. The molecule has 0 radical (unpaired) electrons. The molecule has 140 valence electrons. The minimum atomic E-state index is -0.0312. The molecule has 2 fully saturated rings. The minimum absolute atomic E-state index is 0.00122. The number of hydrogen-bond acceptors (Lipinski definition) is 5. The summed E-state index contributed by atoms with van der Waals surface area (Å²) < 4.78 is 11.4. The fourth-order valence-corrected chi connectivity index (χ4v) is 3.48. The van der Waals surface area contributed by atoms with Gasteiger partial charge in [0.15, 0.2) is 0 Å². The van der Waals surface area contributed by atoms with Crippen molar-refractivity contribution in [1.29, 1.82) is 0 Å². The number of amides is 1. The molecule has 2 rings (SSSR count). The maximum atomic E-state index is 11.7. The van der Waals surface area contributed by atoms with Crippen LogP contribution in [0.2, 0.25) is 0 Å². The van der Waals surface area contributed by atoms with E-state index in [0.717, 1.165) is 18.9 Å². The van der Waals surface area contributed by atoms with Gasteiger partial charge in [0.1, 0.15) is 6.61 Å². The normalized spacial score (nSPS) is 26.7. The highest BCUT2D eigenvalue weighted by Gasteiger charge is 2.30. The van der Waals surface area contributed by atoms with Crippen molar-refractivity contribution in [2.75, 3.05) is 53.6 Å². The van der Waals surface area contributed by atoms with Crippen molar-refractivity contribution in [2.45, 2.75) is 51.3 Å². The van der Waals surface area contributed by atoms with E-state index in [1.807, 2.05) is 0 Å². The highest BCUT2D eigenvalue weighted by molar-refractivity contribution is 5.76. The average molecular weight is 341 g/mol. The van der Waals surface area contributed by atoms with E-state index in [-0.39, 0.29) is 24.7 Å². The lowest BCUT2D eigenvalue weighted by Gasteiger charge is -2.38. The van der Waals surface area contributed by atoms with E-state index < -0.39 is 0 Å². The maximum Gasteiger partial charge on any atom is 0.248 e. The summed E-state index contributed by atoms with van der Waals surface area (Å²) in [5, 5.41) is 3.78. The number of nitrogens with one attached hydrogen (secondary N) is 1. The Morgan fingerprint density at radius 2 is 2.00 bits per heavy atom. The molecule has 2 saturated heterocycles. The molecule has 0 aromatic carbocycles. The van der Waals surface area contributed by atoms with Gasteiger partial charge >= 0.3 is 0 Å². The van der Waals surface area contributed by atoms with Gasteiger partial charge in [-0.2, -0.15) is 0 Å². The first-order valence-electron chi connectivity index (χ1n) is 9.33. The van der Waals surface area contributed by atoms with Crippen LogP contribution in [0.3, 0.4) is 0 Å². The molecule has 2 heterocycles. The molecule has 6 heteroatoms. The summed E-state index contributed by atoms with van der Waals surface area (Å²) in [6.45, 7) is 9.57. The SMILES string of the molecule is CC(C)CN1CCC(N[C@@H]2CCOC[C@H]2OCC(=O)N(C)C)CC1. The lowest BCUT2D eigenvalue weighted by Crippen LogP contribution is -2.54. The molecule has 6 nitrogen and oxygen atoms in total. The molecule has 0 aromatic rings. The smallest absolute Gasteiger partial charge is 0.248 e. The van der Waals surface area contributed by atoms with Crippen LogP contribution in [0.15, 0.2) is 0 Å². The summed E-state index contributed by atoms with van der Waals surface area (Å²) in [5.74, 6) is 0.735. The molecule has 2 atom stereocenters. The summed E-state index contributed by atoms with van der Waals surface area (Å²) in [5.41, 5.74) is 0. The van der Waals surface area contributed by atoms with E-state index in [4.69, 9.17) is 9.47 Å². The molecule has 24 heavy (non-hydrogen) atoms. The van der Waals surface area contributed by atoms with Gasteiger partial charge in [-0.15, -0.1) is 0 Å². The molecule has 0 aromatic heterocycles. The Bertz CT molecular complexity index is 382. The lowest BCUT2D eigenvalue weighted by molar-refractivity contribution is -0.140. The summed E-state index contributed by atoms with van der Waals surface area (Å²) >= 11 is 0. The number of hydrogen-bond donors (Lipinski definition) is 1. The Morgan fingerprint density at radius 3 is 2.62 bits per heavy atom. The van der Waals surface area contributed by atoms with Gasteiger partial charge in [0.05, 0.1) is 12.7 Å². The Kier molecular flexibility index (Phi) is 7.94. The van der Waals surface area contributed by atoms with Crippen molar-refractivity contribution in [3.8, 4) is 0 Å². The average Bonchev–Trinajstić information content (AvgIpc) is 2.55. The highest BCUT2D eigenvalue weighted by Crippen LogP contribution is 2.17. The van der Waals surface area contributed by atoms with Crippen LogP contribution in [0.25, 0.3) is 0 Å². The zero-order chi connectivity index (χ0) is 17.5. The van der Waals surface area contributed by atoms with Crippen LogP contribution < -0.4 is 5.32 Å². The van der Waals surface area contributed by atoms with Gasteiger partial charge in [-0.05, 0) is 38.3 Å². The molecule has 0 aliphatic carbocycles. The van der Waals surface area contributed by atoms with Gasteiger partial charge in [0, 0.05) is 39.3 Å². The van der Waals surface area contributed by atoms with Crippen molar-refractivity contribution >= 4 is 5.91 Å². The van der Waals surface area contributed by atoms with Crippen LogP contribution in [0, 0.1) is 5.92 Å². The Hall–Kier alpha value is -0.690. The van der Waals surface area contributed by atoms with Gasteiger partial charge in [-0.3, -0.25) is 4.79 Å². The highest BCUT2D eigenvalue weighted by atomic mass is 16.5. The van der Waals surface area contributed by atoms with Crippen LogP contribution >= 0.6 is 0 Å². The molecule has 0 unspecified atom stereocenters. The van der Waals surface area contributed by atoms with E-state index in [1.165, 1.54) is 32.5 Å². The molecular weight excluding hydrogens is 306 g/mol. The van der Waals surface area contributed by atoms with Crippen molar-refractivity contribution in [2.24, 2.45) is 5.92 Å². The van der Waals surface area contributed by atoms with Gasteiger partial charge in [-0.25, -0.2) is 0 Å². The number of likely N-dealkylation sites (N-methyl/N-ethyl adjacent to an activating group) is 1. The van der Waals surface area contributed by atoms with Crippen LogP contribution in [-0.4, -0.2) is 87.4 Å². The van der Waals surface area contributed by atoms with E-state index in [1.54, 1.807) is 19.0 Å². The van der Waals surface area contributed by atoms with Crippen LogP contribution in [0.4, 0.5) is 0 Å². The summed E-state index contributed by atoms with van der Waals surface area (Å²) in [6.07, 6.45) is 3.30. The number of piperidine rings is 1. The predicted molar refractivity (Wildman–Crippen MR) is 95.1 cm³/mol. The van der Waals surface area contributed by atoms with E-state index in [2.05, 4.69) is 24.1 Å². The molecule has 1 amide bonds. The molecule has 2 aliphatic heterocycles. The summed E-state index contributed by atoms with van der Waals surface area (Å²) in [4.78, 5) is 15.9. The predicted octanol–water partition coefficient (Wildman–Crippen LogP) is 0.959. The zero-order valence-corrected chi connectivity index (χ0v) is 15.8. The summed E-state index contributed by atoms with van der Waals surface area (Å²) in [6, 6.07) is 0.836. The standard InChI is InChI=1S/C18H35N3O3/c1-14(2)11-21-8-5-15(6-9-21)19-16-7-10-23-12-17(16)24-13-18(22)20(3)4/h14-17,19H,5-13H2,1-4H3/t16-,17-/m1/s1. The molecular formula is C18H35N3O3. The monoisotopic (exact) mass is 341 g/mol. The first-order valence-corrected chi connectivity index (χ1v) is 9.33. The third-order valence-corrected chi connectivity index (χ3v) is 4.88. The topological polar surface area (TPSA) is 54.0 Å². The van der Waals surface area contributed by atoms with Crippen LogP contribution in [-0.2, 0) is 14.3 Å². The Balaban J connectivity index is 1.76. The second-order valence-corrected chi connectivity index (χ2v) is 7.74. The Morgan fingerprint density at radius 1 is 1.29 bits per heavy atom. The second kappa shape index (κ2) is 9.70. The van der Waals surface area contributed by atoms with Crippen molar-refractivity contribution in [3.63, 3.8) is 0 Å². The third-order valence-electron chi connectivity index (χ3n) is 4.88. The molecule has 1 N–H and O–H groups in total. The van der Waals surface area contributed by atoms with Crippen LogP contribution in [0.5, 0.6) is 0 Å². The molecule has 0 saturated carbocycles. The van der Waals surface area contributed by atoms with Gasteiger partial charge in [-0.1, -0.05) is 13.8 Å². The van der Waals surface area contributed by atoms with Crippen molar-refractivity contribution < 1.29 is 14.3 Å². The number of carbonyl (C=O) groups excluding carboxylic acids is 1. The number of nitrogens with zero attached hydrogens (tertiary/aromatic N) is 2.